The van der Waals surface area contributed by atoms with Gasteiger partial charge in [-0.05, 0) is 35.9 Å². The molecule has 0 radical (unpaired) electrons. The van der Waals surface area contributed by atoms with Crippen LogP contribution in [0.3, 0.4) is 0 Å². The molecule has 1 aromatic rings. The van der Waals surface area contributed by atoms with Crippen molar-refractivity contribution in [3.05, 3.63) is 29.8 Å². The van der Waals surface area contributed by atoms with Crippen molar-refractivity contribution in [1.82, 2.24) is 4.90 Å². The van der Waals surface area contributed by atoms with Crippen LogP contribution in [0.2, 0.25) is 0 Å². The van der Waals surface area contributed by atoms with Gasteiger partial charge in [0, 0.05) is 19.5 Å². The number of para-hydroxylation sites is 1. The maximum atomic E-state index is 12.5. The fourth-order valence-corrected chi connectivity index (χ4v) is 2.88. The molecule has 1 amide bonds. The minimum absolute atomic E-state index is 0. The van der Waals surface area contributed by atoms with Gasteiger partial charge in [-0.1, -0.05) is 32.0 Å². The normalized spacial score (nSPS) is 19.8. The van der Waals surface area contributed by atoms with E-state index in [9.17, 15) is 18.0 Å². The van der Waals surface area contributed by atoms with Gasteiger partial charge in [-0.25, -0.2) is 0 Å². The summed E-state index contributed by atoms with van der Waals surface area (Å²) in [7, 11) is 1.70. The van der Waals surface area contributed by atoms with Crippen LogP contribution in [0.1, 0.15) is 31.7 Å². The zero-order chi connectivity index (χ0) is 18.1. The SMILES string of the molecule is CN(CC(C)(C)CN)C(=O)C1CC1c1ccccc1OC(F)(F)F.Cl. The summed E-state index contributed by atoms with van der Waals surface area (Å²) in [4.78, 5) is 14.1. The van der Waals surface area contributed by atoms with E-state index in [0.717, 1.165) is 0 Å². The zero-order valence-corrected chi connectivity index (χ0v) is 15.3. The van der Waals surface area contributed by atoms with Crippen LogP contribution in [0.4, 0.5) is 13.2 Å². The van der Waals surface area contributed by atoms with E-state index in [1.165, 1.54) is 12.1 Å². The Morgan fingerprint density at radius 1 is 1.32 bits per heavy atom. The van der Waals surface area contributed by atoms with Gasteiger partial charge in [0.1, 0.15) is 5.75 Å². The van der Waals surface area contributed by atoms with Crippen molar-refractivity contribution in [3.63, 3.8) is 0 Å². The van der Waals surface area contributed by atoms with Crippen LogP contribution in [-0.4, -0.2) is 37.3 Å². The molecule has 2 N–H and O–H groups in total. The van der Waals surface area contributed by atoms with Gasteiger partial charge in [0.05, 0.1) is 0 Å². The van der Waals surface area contributed by atoms with E-state index in [1.54, 1.807) is 24.1 Å². The maximum absolute atomic E-state index is 12.5. The van der Waals surface area contributed by atoms with Gasteiger partial charge in [-0.2, -0.15) is 0 Å². The number of alkyl halides is 3. The highest BCUT2D eigenvalue weighted by molar-refractivity contribution is 5.85. The summed E-state index contributed by atoms with van der Waals surface area (Å²) < 4.78 is 41.6. The smallest absolute Gasteiger partial charge is 0.405 e. The van der Waals surface area contributed by atoms with Crippen molar-refractivity contribution in [2.24, 2.45) is 17.1 Å². The van der Waals surface area contributed by atoms with E-state index in [-0.39, 0.29) is 41.3 Å². The lowest BCUT2D eigenvalue weighted by atomic mass is 9.93. The summed E-state index contributed by atoms with van der Waals surface area (Å²) in [6, 6.07) is 6.01. The lowest BCUT2D eigenvalue weighted by molar-refractivity contribution is -0.274. The molecule has 25 heavy (non-hydrogen) atoms. The number of carbonyl (C=O) groups is 1. The largest absolute Gasteiger partial charge is 0.573 e. The maximum Gasteiger partial charge on any atom is 0.573 e. The third-order valence-electron chi connectivity index (χ3n) is 4.25. The number of rotatable bonds is 6. The minimum atomic E-state index is -4.74. The Labute approximate surface area is 151 Å². The molecule has 1 aliphatic carbocycles. The number of amides is 1. The quantitative estimate of drug-likeness (QED) is 0.821. The molecular weight excluding hydrogens is 357 g/mol. The van der Waals surface area contributed by atoms with Gasteiger partial charge in [0.25, 0.3) is 0 Å². The monoisotopic (exact) mass is 380 g/mol. The van der Waals surface area contributed by atoms with Crippen LogP contribution in [0.5, 0.6) is 5.75 Å². The summed E-state index contributed by atoms with van der Waals surface area (Å²) in [6.07, 6.45) is -4.21. The highest BCUT2D eigenvalue weighted by atomic mass is 35.5. The summed E-state index contributed by atoms with van der Waals surface area (Å²) in [5, 5.41) is 0. The molecule has 1 fully saturated rings. The summed E-state index contributed by atoms with van der Waals surface area (Å²) in [5.74, 6) is -0.834. The number of ether oxygens (including phenoxy) is 1. The molecule has 2 atom stereocenters. The van der Waals surface area contributed by atoms with Gasteiger partial charge in [-0.3, -0.25) is 4.79 Å². The van der Waals surface area contributed by atoms with E-state index in [2.05, 4.69) is 4.74 Å². The summed E-state index contributed by atoms with van der Waals surface area (Å²) >= 11 is 0. The predicted octanol–water partition coefficient (Wildman–Crippen LogP) is 3.55. The molecule has 1 aliphatic rings. The van der Waals surface area contributed by atoms with Crippen molar-refractivity contribution in [2.45, 2.75) is 32.5 Å². The number of halogens is 4. The topological polar surface area (TPSA) is 55.6 Å². The first-order chi connectivity index (χ1) is 11.0. The molecule has 0 aliphatic heterocycles. The molecule has 2 rings (SSSR count). The van der Waals surface area contributed by atoms with E-state index >= 15 is 0 Å². The van der Waals surface area contributed by atoms with Crippen molar-refractivity contribution in [2.75, 3.05) is 20.1 Å². The Bertz CT molecular complexity index is 608. The molecule has 8 heteroatoms. The fraction of sp³-hybridized carbons (Fsp3) is 0.588. The average Bonchev–Trinajstić information content (AvgIpc) is 3.25. The number of nitrogens with two attached hydrogens (primary N) is 1. The molecule has 1 aromatic carbocycles. The lowest BCUT2D eigenvalue weighted by Gasteiger charge is -2.29. The third kappa shape index (κ3) is 5.78. The fourth-order valence-electron chi connectivity index (χ4n) is 2.88. The van der Waals surface area contributed by atoms with Crippen LogP contribution in [0.15, 0.2) is 24.3 Å². The van der Waals surface area contributed by atoms with Gasteiger partial charge in [0.15, 0.2) is 0 Å². The van der Waals surface area contributed by atoms with E-state index < -0.39 is 6.36 Å². The third-order valence-corrected chi connectivity index (χ3v) is 4.25. The highest BCUT2D eigenvalue weighted by Gasteiger charge is 2.47. The molecule has 0 bridgehead atoms. The van der Waals surface area contributed by atoms with Crippen LogP contribution in [0.25, 0.3) is 0 Å². The second-order valence-electron chi connectivity index (χ2n) is 7.10. The average molecular weight is 381 g/mol. The molecule has 0 saturated heterocycles. The predicted molar refractivity (Wildman–Crippen MR) is 91.7 cm³/mol. The van der Waals surface area contributed by atoms with Gasteiger partial charge >= 0.3 is 6.36 Å². The second-order valence-corrected chi connectivity index (χ2v) is 7.10. The Morgan fingerprint density at radius 2 is 1.92 bits per heavy atom. The molecule has 2 unspecified atom stereocenters. The summed E-state index contributed by atoms with van der Waals surface area (Å²) in [6.45, 7) is 4.88. The number of hydrogen-bond donors (Lipinski definition) is 1. The molecular formula is C17H24ClF3N2O2. The highest BCUT2D eigenvalue weighted by Crippen LogP contribution is 2.51. The minimum Gasteiger partial charge on any atom is -0.405 e. The second kappa shape index (κ2) is 7.83. The molecule has 4 nitrogen and oxygen atoms in total. The van der Waals surface area contributed by atoms with Gasteiger partial charge < -0.3 is 15.4 Å². The number of nitrogens with zero attached hydrogens (tertiary/aromatic N) is 1. The van der Waals surface area contributed by atoms with Crippen LogP contribution in [-0.2, 0) is 4.79 Å². The Kier molecular flexibility index (Phi) is 6.75. The van der Waals surface area contributed by atoms with Crippen molar-refractivity contribution in [3.8, 4) is 5.75 Å². The number of benzene rings is 1. The van der Waals surface area contributed by atoms with Crippen LogP contribution >= 0.6 is 12.4 Å². The first-order valence-electron chi connectivity index (χ1n) is 7.84. The van der Waals surface area contributed by atoms with E-state index in [4.69, 9.17) is 5.73 Å². The first kappa shape index (κ1) is 21.6. The molecule has 0 aromatic heterocycles. The van der Waals surface area contributed by atoms with E-state index in [1.807, 2.05) is 13.8 Å². The van der Waals surface area contributed by atoms with Gasteiger partial charge in [0.2, 0.25) is 5.91 Å². The summed E-state index contributed by atoms with van der Waals surface area (Å²) in [5.41, 5.74) is 5.91. The Balaban J connectivity index is 0.00000312. The van der Waals surface area contributed by atoms with Crippen molar-refractivity contribution < 1.29 is 22.7 Å². The van der Waals surface area contributed by atoms with Crippen LogP contribution < -0.4 is 10.5 Å². The number of carbonyl (C=O) groups excluding carboxylic acids is 1. The first-order valence-corrected chi connectivity index (χ1v) is 7.84. The standard InChI is InChI=1S/C17H23F3N2O2.ClH/c1-16(2,9-21)10-22(3)15(23)13-8-12(13)11-6-4-5-7-14(11)24-17(18,19)20;/h4-7,12-13H,8-10,21H2,1-3H3;1H. The molecule has 142 valence electrons. The zero-order valence-electron chi connectivity index (χ0n) is 14.5. The molecule has 0 spiro atoms. The Hall–Kier alpha value is -1.47. The molecule has 1 saturated carbocycles. The van der Waals surface area contributed by atoms with Gasteiger partial charge in [-0.15, -0.1) is 25.6 Å². The van der Waals surface area contributed by atoms with Crippen LogP contribution in [0, 0.1) is 11.3 Å². The van der Waals surface area contributed by atoms with Crippen molar-refractivity contribution >= 4 is 18.3 Å². The number of hydrogen-bond acceptors (Lipinski definition) is 3. The van der Waals surface area contributed by atoms with E-state index in [0.29, 0.717) is 25.1 Å². The Morgan fingerprint density at radius 3 is 2.48 bits per heavy atom. The molecule has 0 heterocycles. The van der Waals surface area contributed by atoms with Crippen molar-refractivity contribution in [1.29, 1.82) is 0 Å². The lowest BCUT2D eigenvalue weighted by Crippen LogP contribution is -2.40.